The minimum Gasteiger partial charge on any atom is -0.343 e. The number of hydrogen-bond acceptors (Lipinski definition) is 2. The highest BCUT2D eigenvalue weighted by Gasteiger charge is 2.30. The molecule has 1 aliphatic rings. The molecule has 0 spiro atoms. The zero-order valence-corrected chi connectivity index (χ0v) is 13.9. The monoisotopic (exact) mass is 322 g/mol. The van der Waals surface area contributed by atoms with Crippen molar-refractivity contribution in [3.63, 3.8) is 0 Å². The number of carbonyl (C=O) groups is 2. The van der Waals surface area contributed by atoms with Crippen LogP contribution in [0.5, 0.6) is 0 Å². The lowest BCUT2D eigenvalue weighted by Crippen LogP contribution is -2.40. The van der Waals surface area contributed by atoms with E-state index in [9.17, 15) is 9.59 Å². The maximum Gasteiger partial charge on any atom is 0.251 e. The standard InChI is InChI=1S/C20H22N2O2/c1-15-8-5-6-11-17(15)18-12-7-13-22(18)19(23)14-21-20(24)16-9-3-2-4-10-16/h2-6,8-11,18H,7,12-14H2,1H3,(H,21,24)/t18-/m1/s1. The first kappa shape index (κ1) is 16.2. The lowest BCUT2D eigenvalue weighted by atomic mass is 9.99. The molecule has 0 saturated carbocycles. The van der Waals surface area contributed by atoms with Crippen LogP contribution in [0.25, 0.3) is 0 Å². The zero-order valence-electron chi connectivity index (χ0n) is 13.9. The Morgan fingerprint density at radius 1 is 1.08 bits per heavy atom. The van der Waals surface area contributed by atoms with E-state index in [0.717, 1.165) is 19.4 Å². The van der Waals surface area contributed by atoms with Gasteiger partial charge in [-0.3, -0.25) is 9.59 Å². The SMILES string of the molecule is Cc1ccccc1[C@H]1CCCN1C(=O)CNC(=O)c1ccccc1. The van der Waals surface area contributed by atoms with Gasteiger partial charge in [-0.15, -0.1) is 0 Å². The van der Waals surface area contributed by atoms with Crippen molar-refractivity contribution < 1.29 is 9.59 Å². The van der Waals surface area contributed by atoms with Crippen molar-refractivity contribution in [3.8, 4) is 0 Å². The molecular weight excluding hydrogens is 300 g/mol. The second-order valence-electron chi connectivity index (χ2n) is 6.15. The molecule has 0 aromatic heterocycles. The summed E-state index contributed by atoms with van der Waals surface area (Å²) in [7, 11) is 0. The quantitative estimate of drug-likeness (QED) is 0.940. The Labute approximate surface area is 142 Å². The highest BCUT2D eigenvalue weighted by Crippen LogP contribution is 2.33. The van der Waals surface area contributed by atoms with Gasteiger partial charge in [0.05, 0.1) is 12.6 Å². The average molecular weight is 322 g/mol. The van der Waals surface area contributed by atoms with Crippen LogP contribution in [0.4, 0.5) is 0 Å². The average Bonchev–Trinajstić information content (AvgIpc) is 3.10. The van der Waals surface area contributed by atoms with Crippen molar-refractivity contribution in [2.24, 2.45) is 0 Å². The first-order chi connectivity index (χ1) is 11.7. The molecule has 3 rings (SSSR count). The number of nitrogens with zero attached hydrogens (tertiary/aromatic N) is 1. The maximum atomic E-state index is 12.6. The van der Waals surface area contributed by atoms with Gasteiger partial charge < -0.3 is 10.2 Å². The molecule has 4 nitrogen and oxygen atoms in total. The van der Waals surface area contributed by atoms with Gasteiger partial charge in [0.1, 0.15) is 0 Å². The highest BCUT2D eigenvalue weighted by atomic mass is 16.2. The van der Waals surface area contributed by atoms with E-state index in [2.05, 4.69) is 24.4 Å². The van der Waals surface area contributed by atoms with Crippen LogP contribution in [0.1, 0.15) is 40.4 Å². The molecule has 2 amide bonds. The van der Waals surface area contributed by atoms with Crippen LogP contribution < -0.4 is 5.32 Å². The number of likely N-dealkylation sites (tertiary alicyclic amines) is 1. The Morgan fingerprint density at radius 3 is 2.54 bits per heavy atom. The number of hydrogen-bond donors (Lipinski definition) is 1. The predicted octanol–water partition coefficient (Wildman–Crippen LogP) is 3.09. The highest BCUT2D eigenvalue weighted by molar-refractivity contribution is 5.96. The van der Waals surface area contributed by atoms with E-state index in [1.54, 1.807) is 12.1 Å². The van der Waals surface area contributed by atoms with E-state index in [-0.39, 0.29) is 24.4 Å². The van der Waals surface area contributed by atoms with E-state index in [4.69, 9.17) is 0 Å². The summed E-state index contributed by atoms with van der Waals surface area (Å²) < 4.78 is 0. The lowest BCUT2D eigenvalue weighted by molar-refractivity contribution is -0.131. The Morgan fingerprint density at radius 2 is 1.79 bits per heavy atom. The third-order valence-corrected chi connectivity index (χ3v) is 4.56. The topological polar surface area (TPSA) is 49.4 Å². The van der Waals surface area contributed by atoms with Crippen LogP contribution in [-0.4, -0.2) is 29.8 Å². The minimum absolute atomic E-state index is 0.0231. The van der Waals surface area contributed by atoms with Crippen LogP contribution in [0.3, 0.4) is 0 Å². The molecule has 1 atom stereocenters. The van der Waals surface area contributed by atoms with Crippen molar-refractivity contribution in [2.45, 2.75) is 25.8 Å². The van der Waals surface area contributed by atoms with Gasteiger partial charge in [0.2, 0.25) is 5.91 Å². The number of amides is 2. The number of carbonyl (C=O) groups excluding carboxylic acids is 2. The van der Waals surface area contributed by atoms with Gasteiger partial charge in [-0.05, 0) is 43.0 Å². The van der Waals surface area contributed by atoms with Crippen LogP contribution in [0.15, 0.2) is 54.6 Å². The molecule has 2 aromatic rings. The molecule has 0 radical (unpaired) electrons. The van der Waals surface area contributed by atoms with Gasteiger partial charge in [-0.2, -0.15) is 0 Å². The molecule has 1 saturated heterocycles. The zero-order chi connectivity index (χ0) is 16.9. The lowest BCUT2D eigenvalue weighted by Gasteiger charge is -2.26. The molecule has 0 aliphatic carbocycles. The van der Waals surface area contributed by atoms with Crippen LogP contribution in [0, 0.1) is 6.92 Å². The van der Waals surface area contributed by atoms with Crippen molar-refractivity contribution in [3.05, 3.63) is 71.3 Å². The summed E-state index contributed by atoms with van der Waals surface area (Å²) in [6, 6.07) is 17.3. The minimum atomic E-state index is -0.212. The second-order valence-corrected chi connectivity index (χ2v) is 6.15. The molecule has 24 heavy (non-hydrogen) atoms. The Balaban J connectivity index is 1.64. The summed E-state index contributed by atoms with van der Waals surface area (Å²) in [5.74, 6) is -0.236. The molecule has 1 heterocycles. The van der Waals surface area contributed by atoms with Crippen molar-refractivity contribution >= 4 is 11.8 Å². The first-order valence-corrected chi connectivity index (χ1v) is 8.35. The third-order valence-electron chi connectivity index (χ3n) is 4.56. The molecule has 1 N–H and O–H groups in total. The molecule has 124 valence electrons. The summed E-state index contributed by atoms with van der Waals surface area (Å²) in [4.78, 5) is 26.6. The van der Waals surface area contributed by atoms with Gasteiger partial charge >= 0.3 is 0 Å². The van der Waals surface area contributed by atoms with Crippen molar-refractivity contribution in [1.82, 2.24) is 10.2 Å². The van der Waals surface area contributed by atoms with Crippen LogP contribution >= 0.6 is 0 Å². The summed E-state index contributed by atoms with van der Waals surface area (Å²) >= 11 is 0. The van der Waals surface area contributed by atoms with Crippen molar-refractivity contribution in [2.75, 3.05) is 13.1 Å². The van der Waals surface area contributed by atoms with Gasteiger partial charge in [0.15, 0.2) is 0 Å². The first-order valence-electron chi connectivity index (χ1n) is 8.35. The Kier molecular flexibility index (Phi) is 4.94. The molecule has 4 heteroatoms. The summed E-state index contributed by atoms with van der Waals surface area (Å²) in [6.45, 7) is 2.86. The summed E-state index contributed by atoms with van der Waals surface area (Å²) in [5, 5.41) is 2.73. The van der Waals surface area contributed by atoms with E-state index in [1.165, 1.54) is 11.1 Å². The summed E-state index contributed by atoms with van der Waals surface area (Å²) in [6.07, 6.45) is 1.97. The predicted molar refractivity (Wildman–Crippen MR) is 93.6 cm³/mol. The molecular formula is C20H22N2O2. The van der Waals surface area contributed by atoms with E-state index < -0.39 is 0 Å². The summed E-state index contributed by atoms with van der Waals surface area (Å²) in [5.41, 5.74) is 2.98. The number of aryl methyl sites for hydroxylation is 1. The molecule has 0 unspecified atom stereocenters. The molecule has 1 fully saturated rings. The number of rotatable bonds is 4. The smallest absolute Gasteiger partial charge is 0.251 e. The van der Waals surface area contributed by atoms with E-state index >= 15 is 0 Å². The van der Waals surface area contributed by atoms with Gasteiger partial charge in [-0.1, -0.05) is 42.5 Å². The van der Waals surface area contributed by atoms with Crippen molar-refractivity contribution in [1.29, 1.82) is 0 Å². The van der Waals surface area contributed by atoms with Crippen LogP contribution in [0.2, 0.25) is 0 Å². The largest absolute Gasteiger partial charge is 0.343 e. The third kappa shape index (κ3) is 3.48. The Bertz CT molecular complexity index is 727. The molecule has 2 aromatic carbocycles. The fourth-order valence-corrected chi connectivity index (χ4v) is 3.30. The molecule has 1 aliphatic heterocycles. The second kappa shape index (κ2) is 7.30. The Hall–Kier alpha value is -2.62. The van der Waals surface area contributed by atoms with E-state index in [0.29, 0.717) is 5.56 Å². The van der Waals surface area contributed by atoms with Gasteiger partial charge in [0.25, 0.3) is 5.91 Å². The van der Waals surface area contributed by atoms with Gasteiger partial charge in [-0.25, -0.2) is 0 Å². The fraction of sp³-hybridized carbons (Fsp3) is 0.300. The number of nitrogens with one attached hydrogen (secondary N) is 1. The number of benzene rings is 2. The maximum absolute atomic E-state index is 12.6. The van der Waals surface area contributed by atoms with Gasteiger partial charge in [0, 0.05) is 12.1 Å². The van der Waals surface area contributed by atoms with Crippen LogP contribution in [-0.2, 0) is 4.79 Å². The van der Waals surface area contributed by atoms with E-state index in [1.807, 2.05) is 35.2 Å². The normalized spacial score (nSPS) is 16.9. The fourth-order valence-electron chi connectivity index (χ4n) is 3.30. The molecule has 0 bridgehead atoms.